The van der Waals surface area contributed by atoms with Crippen LogP contribution in [0.25, 0.3) is 10.6 Å². The predicted molar refractivity (Wildman–Crippen MR) is 89.6 cm³/mol. The molecule has 1 heterocycles. The maximum atomic E-state index is 13.1. The number of hydrogen-bond acceptors (Lipinski definition) is 5. The zero-order chi connectivity index (χ0) is 17.8. The third-order valence-corrected chi connectivity index (χ3v) is 4.26. The van der Waals surface area contributed by atoms with Crippen LogP contribution < -0.4 is 4.74 Å². The van der Waals surface area contributed by atoms with Crippen molar-refractivity contribution in [1.29, 1.82) is 0 Å². The monoisotopic (exact) mass is 361 g/mol. The molecule has 128 valence electrons. The molecule has 3 aromatic rings. The number of methoxy groups -OCH3 is 1. The number of benzene rings is 2. The van der Waals surface area contributed by atoms with Gasteiger partial charge in [-0.25, -0.2) is 18.6 Å². The fraction of sp³-hybridized carbons (Fsp3) is 0.111. The summed E-state index contributed by atoms with van der Waals surface area (Å²) >= 11 is 1.40. The average molecular weight is 361 g/mol. The smallest absolute Gasteiger partial charge is 0.338 e. The van der Waals surface area contributed by atoms with E-state index < -0.39 is 17.6 Å². The van der Waals surface area contributed by atoms with E-state index in [2.05, 4.69) is 4.98 Å². The Labute approximate surface area is 146 Å². The highest BCUT2D eigenvalue weighted by Crippen LogP contribution is 2.27. The number of thiazole rings is 1. The predicted octanol–water partition coefficient (Wildman–Crippen LogP) is 4.45. The fourth-order valence-electron chi connectivity index (χ4n) is 2.16. The number of aromatic nitrogens is 1. The van der Waals surface area contributed by atoms with Crippen LogP contribution in [0.5, 0.6) is 5.75 Å². The van der Waals surface area contributed by atoms with Gasteiger partial charge >= 0.3 is 5.97 Å². The van der Waals surface area contributed by atoms with E-state index in [1.807, 2.05) is 24.3 Å². The molecule has 0 N–H and O–H groups in total. The van der Waals surface area contributed by atoms with Crippen LogP contribution in [0, 0.1) is 11.6 Å². The van der Waals surface area contributed by atoms with E-state index in [4.69, 9.17) is 9.47 Å². The van der Waals surface area contributed by atoms with Crippen LogP contribution in [0.1, 0.15) is 16.1 Å². The minimum absolute atomic E-state index is 0.0859. The molecule has 0 aliphatic heterocycles. The van der Waals surface area contributed by atoms with Gasteiger partial charge < -0.3 is 9.47 Å². The summed E-state index contributed by atoms with van der Waals surface area (Å²) in [6.45, 7) is -0.0859. The van der Waals surface area contributed by atoms with Gasteiger partial charge in [-0.3, -0.25) is 0 Å². The van der Waals surface area contributed by atoms with Gasteiger partial charge in [0.05, 0.1) is 18.4 Å². The van der Waals surface area contributed by atoms with Crippen molar-refractivity contribution in [2.45, 2.75) is 6.61 Å². The molecule has 0 aliphatic carbocycles. The lowest BCUT2D eigenvalue weighted by atomic mass is 10.2. The second kappa shape index (κ2) is 7.40. The summed E-state index contributed by atoms with van der Waals surface area (Å²) < 4.78 is 36.5. The Morgan fingerprint density at radius 3 is 2.64 bits per heavy atom. The number of carbonyl (C=O) groups excluding carboxylic acids is 1. The van der Waals surface area contributed by atoms with E-state index in [-0.39, 0.29) is 12.2 Å². The first kappa shape index (κ1) is 17.0. The Kier molecular flexibility index (Phi) is 5.04. The molecule has 0 aliphatic rings. The minimum Gasteiger partial charge on any atom is -0.497 e. The molecule has 7 heteroatoms. The van der Waals surface area contributed by atoms with Crippen molar-refractivity contribution < 1.29 is 23.0 Å². The maximum absolute atomic E-state index is 13.1. The van der Waals surface area contributed by atoms with Crippen molar-refractivity contribution in [2.24, 2.45) is 0 Å². The molecule has 0 saturated carbocycles. The number of esters is 1. The molecule has 0 amide bonds. The number of nitrogens with zero attached hydrogens (tertiary/aromatic N) is 1. The molecular weight excluding hydrogens is 348 g/mol. The molecule has 0 spiro atoms. The normalized spacial score (nSPS) is 10.5. The van der Waals surface area contributed by atoms with Crippen molar-refractivity contribution in [3.8, 4) is 16.3 Å². The summed E-state index contributed by atoms with van der Waals surface area (Å²) in [6, 6.07) is 9.97. The zero-order valence-electron chi connectivity index (χ0n) is 13.2. The Hall–Kier alpha value is -2.80. The standard InChI is InChI=1S/C18H13F2NO3S/c1-23-16-4-2-3-11(7-16)17-21-15(10-25-17)9-24-18(22)12-5-13(19)8-14(20)6-12/h2-8,10H,9H2,1H3. The summed E-state index contributed by atoms with van der Waals surface area (Å²) in [4.78, 5) is 16.3. The van der Waals surface area contributed by atoms with Gasteiger partial charge in [-0.1, -0.05) is 12.1 Å². The van der Waals surface area contributed by atoms with E-state index in [1.54, 1.807) is 12.5 Å². The van der Waals surface area contributed by atoms with Crippen LogP contribution in [0.4, 0.5) is 8.78 Å². The topological polar surface area (TPSA) is 48.4 Å². The Balaban J connectivity index is 1.68. The van der Waals surface area contributed by atoms with Crippen molar-refractivity contribution in [3.05, 3.63) is 70.7 Å². The maximum Gasteiger partial charge on any atom is 0.338 e. The molecule has 0 saturated heterocycles. The van der Waals surface area contributed by atoms with Gasteiger partial charge in [-0.2, -0.15) is 0 Å². The SMILES string of the molecule is COc1cccc(-c2nc(COC(=O)c3cc(F)cc(F)c3)cs2)c1. The van der Waals surface area contributed by atoms with Gasteiger partial charge in [-0.15, -0.1) is 11.3 Å². The minimum atomic E-state index is -0.832. The molecule has 1 aromatic heterocycles. The van der Waals surface area contributed by atoms with Crippen LogP contribution in [0.3, 0.4) is 0 Å². The Bertz CT molecular complexity index is 891. The first-order chi connectivity index (χ1) is 12.0. The lowest BCUT2D eigenvalue weighted by molar-refractivity contribution is 0.0467. The Morgan fingerprint density at radius 1 is 1.16 bits per heavy atom. The molecule has 4 nitrogen and oxygen atoms in total. The van der Waals surface area contributed by atoms with Crippen molar-refractivity contribution in [1.82, 2.24) is 4.98 Å². The second-order valence-corrected chi connectivity index (χ2v) is 5.97. The molecule has 2 aromatic carbocycles. The van der Waals surface area contributed by atoms with Crippen LogP contribution in [-0.4, -0.2) is 18.1 Å². The van der Waals surface area contributed by atoms with E-state index >= 15 is 0 Å². The molecule has 3 rings (SSSR count). The van der Waals surface area contributed by atoms with E-state index in [1.165, 1.54) is 11.3 Å². The number of ether oxygens (including phenoxy) is 2. The first-order valence-corrected chi connectivity index (χ1v) is 8.15. The first-order valence-electron chi connectivity index (χ1n) is 7.27. The van der Waals surface area contributed by atoms with Crippen molar-refractivity contribution in [3.63, 3.8) is 0 Å². The van der Waals surface area contributed by atoms with Gasteiger partial charge in [0, 0.05) is 17.0 Å². The lowest BCUT2D eigenvalue weighted by Gasteiger charge is -2.03. The van der Waals surface area contributed by atoms with Gasteiger partial charge in [-0.05, 0) is 24.3 Å². The highest BCUT2D eigenvalue weighted by Gasteiger charge is 2.12. The van der Waals surface area contributed by atoms with Crippen LogP contribution in [0.15, 0.2) is 47.8 Å². The number of carbonyl (C=O) groups is 1. The molecular formula is C18H13F2NO3S. The van der Waals surface area contributed by atoms with Crippen molar-refractivity contribution in [2.75, 3.05) is 7.11 Å². The third-order valence-electron chi connectivity index (χ3n) is 3.32. The number of hydrogen-bond donors (Lipinski definition) is 0. The van der Waals surface area contributed by atoms with Gasteiger partial charge in [0.15, 0.2) is 0 Å². The number of rotatable bonds is 5. The van der Waals surface area contributed by atoms with Crippen LogP contribution in [0.2, 0.25) is 0 Å². The largest absolute Gasteiger partial charge is 0.497 e. The van der Waals surface area contributed by atoms with Gasteiger partial charge in [0.1, 0.15) is 29.0 Å². The summed E-state index contributed by atoms with van der Waals surface area (Å²) in [5.74, 6) is -1.76. The molecule has 0 fully saturated rings. The molecule has 25 heavy (non-hydrogen) atoms. The zero-order valence-corrected chi connectivity index (χ0v) is 14.0. The molecule has 0 unspecified atom stereocenters. The van der Waals surface area contributed by atoms with E-state index in [0.717, 1.165) is 22.7 Å². The lowest BCUT2D eigenvalue weighted by Crippen LogP contribution is -2.06. The Morgan fingerprint density at radius 2 is 1.92 bits per heavy atom. The third kappa shape index (κ3) is 4.19. The number of halogens is 2. The quantitative estimate of drug-likeness (QED) is 0.630. The van der Waals surface area contributed by atoms with Crippen molar-refractivity contribution >= 4 is 17.3 Å². The van der Waals surface area contributed by atoms with Gasteiger partial charge in [0.25, 0.3) is 0 Å². The van der Waals surface area contributed by atoms with E-state index in [0.29, 0.717) is 17.5 Å². The summed E-state index contributed by atoms with van der Waals surface area (Å²) in [6.07, 6.45) is 0. The van der Waals surface area contributed by atoms with E-state index in [9.17, 15) is 13.6 Å². The molecule has 0 bridgehead atoms. The summed E-state index contributed by atoms with van der Waals surface area (Å²) in [5, 5.41) is 2.51. The summed E-state index contributed by atoms with van der Waals surface area (Å²) in [5.41, 5.74) is 1.25. The van der Waals surface area contributed by atoms with Gasteiger partial charge in [0.2, 0.25) is 0 Å². The molecule has 0 atom stereocenters. The highest BCUT2D eigenvalue weighted by molar-refractivity contribution is 7.13. The second-order valence-electron chi connectivity index (χ2n) is 5.11. The average Bonchev–Trinajstić information content (AvgIpc) is 3.08. The van der Waals surface area contributed by atoms with Crippen LogP contribution >= 0.6 is 11.3 Å². The van der Waals surface area contributed by atoms with Crippen LogP contribution in [-0.2, 0) is 11.3 Å². The fourth-order valence-corrected chi connectivity index (χ4v) is 2.96. The highest BCUT2D eigenvalue weighted by atomic mass is 32.1. The summed E-state index contributed by atoms with van der Waals surface area (Å²) in [7, 11) is 1.58. The molecule has 0 radical (unpaired) electrons.